The summed E-state index contributed by atoms with van der Waals surface area (Å²) in [6, 6.07) is 10.4. The molecule has 4 heteroatoms. The molecule has 0 bridgehead atoms. The Hall–Kier alpha value is -1.26. The summed E-state index contributed by atoms with van der Waals surface area (Å²) >= 11 is 1.74. The maximum absolute atomic E-state index is 4.49. The van der Waals surface area contributed by atoms with E-state index in [1.807, 2.05) is 24.0 Å². The van der Waals surface area contributed by atoms with Crippen molar-refractivity contribution >= 4 is 11.8 Å². The second-order valence-electron chi connectivity index (χ2n) is 3.48. The maximum Gasteiger partial charge on any atom is 0.0766 e. The first-order valence-corrected chi connectivity index (χ1v) is 6.39. The van der Waals surface area contributed by atoms with Crippen molar-refractivity contribution in [1.29, 1.82) is 0 Å². The third-order valence-corrected chi connectivity index (χ3v) is 3.05. The van der Waals surface area contributed by atoms with E-state index in [-0.39, 0.29) is 0 Å². The minimum atomic E-state index is 0.801. The lowest BCUT2D eigenvalue weighted by Gasteiger charge is -2.03. The first-order valence-electron chi connectivity index (χ1n) is 5.17. The molecule has 0 radical (unpaired) electrons. The van der Waals surface area contributed by atoms with Gasteiger partial charge in [0, 0.05) is 17.6 Å². The minimum Gasteiger partial charge on any atom is -0.314 e. The van der Waals surface area contributed by atoms with Gasteiger partial charge >= 0.3 is 0 Å². The van der Waals surface area contributed by atoms with E-state index in [0.29, 0.717) is 0 Å². The van der Waals surface area contributed by atoms with E-state index >= 15 is 0 Å². The van der Waals surface area contributed by atoms with Crippen LogP contribution in [-0.2, 0) is 6.54 Å². The predicted octanol–water partition coefficient (Wildman–Crippen LogP) is 2.31. The third-order valence-electron chi connectivity index (χ3n) is 2.32. The second kappa shape index (κ2) is 5.18. The van der Waals surface area contributed by atoms with Crippen molar-refractivity contribution in [3.63, 3.8) is 0 Å². The van der Waals surface area contributed by atoms with Gasteiger partial charge in [-0.3, -0.25) is 0 Å². The number of hydrogen-bond acceptors (Lipinski definition) is 3. The van der Waals surface area contributed by atoms with E-state index in [0.717, 1.165) is 17.9 Å². The monoisotopic (exact) mass is 233 g/mol. The van der Waals surface area contributed by atoms with Gasteiger partial charge in [0.15, 0.2) is 0 Å². The summed E-state index contributed by atoms with van der Waals surface area (Å²) in [4.78, 5) is 1.25. The van der Waals surface area contributed by atoms with Gasteiger partial charge in [-0.15, -0.1) is 11.8 Å². The normalized spacial score (nSPS) is 10.6. The van der Waals surface area contributed by atoms with Gasteiger partial charge in [-0.05, 0) is 37.6 Å². The Morgan fingerprint density at radius 1 is 1.38 bits per heavy atom. The number of hydrogen-bond donors (Lipinski definition) is 1. The van der Waals surface area contributed by atoms with E-state index in [4.69, 9.17) is 0 Å². The predicted molar refractivity (Wildman–Crippen MR) is 68.1 cm³/mol. The summed E-state index contributed by atoms with van der Waals surface area (Å²) < 4.78 is 1.91. The lowest BCUT2D eigenvalue weighted by atomic mass is 10.3. The Morgan fingerprint density at radius 3 is 3.00 bits per heavy atom. The molecule has 0 amide bonds. The first-order chi connectivity index (χ1) is 7.83. The number of benzene rings is 1. The fraction of sp³-hybridized carbons (Fsp3) is 0.250. The molecule has 3 nitrogen and oxygen atoms in total. The van der Waals surface area contributed by atoms with Crippen LogP contribution in [0.25, 0.3) is 5.69 Å². The minimum absolute atomic E-state index is 0.801. The fourth-order valence-corrected chi connectivity index (χ4v) is 1.99. The van der Waals surface area contributed by atoms with Crippen LogP contribution in [0.15, 0.2) is 41.4 Å². The molecule has 2 aromatic rings. The molecule has 0 fully saturated rings. The third kappa shape index (κ3) is 2.46. The van der Waals surface area contributed by atoms with Crippen molar-refractivity contribution in [3.05, 3.63) is 42.2 Å². The van der Waals surface area contributed by atoms with Crippen LogP contribution in [0.3, 0.4) is 0 Å². The molecule has 0 aliphatic rings. The zero-order valence-corrected chi connectivity index (χ0v) is 10.3. The molecule has 0 spiro atoms. The largest absolute Gasteiger partial charge is 0.314 e. The molecule has 0 saturated heterocycles. The molecular weight excluding hydrogens is 218 g/mol. The van der Waals surface area contributed by atoms with Crippen LogP contribution in [-0.4, -0.2) is 23.1 Å². The molecule has 16 heavy (non-hydrogen) atoms. The van der Waals surface area contributed by atoms with Gasteiger partial charge in [-0.2, -0.15) is 5.10 Å². The molecule has 0 atom stereocenters. The molecule has 84 valence electrons. The quantitative estimate of drug-likeness (QED) is 0.822. The summed E-state index contributed by atoms with van der Waals surface area (Å²) in [5.74, 6) is 0. The maximum atomic E-state index is 4.49. The molecule has 1 aromatic heterocycles. The SMILES string of the molecule is CNCc1ccn(-c2cccc(SC)c2)n1. The molecule has 0 unspecified atom stereocenters. The van der Waals surface area contributed by atoms with E-state index in [1.54, 1.807) is 11.8 Å². The van der Waals surface area contributed by atoms with Crippen molar-refractivity contribution in [3.8, 4) is 5.69 Å². The average molecular weight is 233 g/mol. The average Bonchev–Trinajstić information content (AvgIpc) is 2.78. The van der Waals surface area contributed by atoms with Gasteiger partial charge in [0.2, 0.25) is 0 Å². The molecule has 1 aromatic carbocycles. The van der Waals surface area contributed by atoms with Gasteiger partial charge in [-0.25, -0.2) is 4.68 Å². The number of aromatic nitrogens is 2. The van der Waals surface area contributed by atoms with Crippen LogP contribution in [0.1, 0.15) is 5.69 Å². The second-order valence-corrected chi connectivity index (χ2v) is 4.36. The Bertz CT molecular complexity index is 465. The topological polar surface area (TPSA) is 29.9 Å². The van der Waals surface area contributed by atoms with Gasteiger partial charge in [0.1, 0.15) is 0 Å². The van der Waals surface area contributed by atoms with Crippen molar-refractivity contribution in [2.24, 2.45) is 0 Å². The van der Waals surface area contributed by atoms with E-state index < -0.39 is 0 Å². The fourth-order valence-electron chi connectivity index (χ4n) is 1.53. The van der Waals surface area contributed by atoms with Crippen LogP contribution in [0.4, 0.5) is 0 Å². The zero-order chi connectivity index (χ0) is 11.4. The highest BCUT2D eigenvalue weighted by Crippen LogP contribution is 2.18. The lowest BCUT2D eigenvalue weighted by molar-refractivity contribution is 0.756. The summed E-state index contributed by atoms with van der Waals surface area (Å²) in [6.45, 7) is 0.801. The molecular formula is C12H15N3S. The number of rotatable bonds is 4. The number of nitrogens with zero attached hydrogens (tertiary/aromatic N) is 2. The lowest BCUT2D eigenvalue weighted by Crippen LogP contribution is -2.06. The van der Waals surface area contributed by atoms with Crippen LogP contribution in [0, 0.1) is 0 Å². The Labute approximate surface area is 99.9 Å². The standard InChI is InChI=1S/C12H15N3S/c1-13-9-10-6-7-15(14-10)11-4-3-5-12(8-11)16-2/h3-8,13H,9H2,1-2H3. The van der Waals surface area contributed by atoms with Crippen molar-refractivity contribution in [2.75, 3.05) is 13.3 Å². The Kier molecular flexibility index (Phi) is 3.64. The van der Waals surface area contributed by atoms with Crippen molar-refractivity contribution < 1.29 is 0 Å². The Balaban J connectivity index is 2.27. The Morgan fingerprint density at radius 2 is 2.25 bits per heavy atom. The highest BCUT2D eigenvalue weighted by atomic mass is 32.2. The van der Waals surface area contributed by atoms with Crippen LogP contribution < -0.4 is 5.32 Å². The highest BCUT2D eigenvalue weighted by Gasteiger charge is 2.01. The molecule has 2 rings (SSSR count). The molecule has 1 heterocycles. The van der Waals surface area contributed by atoms with Gasteiger partial charge in [0.25, 0.3) is 0 Å². The molecule has 0 aliphatic carbocycles. The number of thioether (sulfide) groups is 1. The zero-order valence-electron chi connectivity index (χ0n) is 9.47. The van der Waals surface area contributed by atoms with Gasteiger partial charge in [0.05, 0.1) is 11.4 Å². The van der Waals surface area contributed by atoms with E-state index in [2.05, 4.69) is 40.9 Å². The van der Waals surface area contributed by atoms with Crippen LogP contribution in [0.2, 0.25) is 0 Å². The summed E-state index contributed by atoms with van der Waals surface area (Å²) in [7, 11) is 1.92. The van der Waals surface area contributed by atoms with Crippen molar-refractivity contribution in [2.45, 2.75) is 11.4 Å². The summed E-state index contributed by atoms with van der Waals surface area (Å²) in [5, 5.41) is 7.58. The van der Waals surface area contributed by atoms with E-state index in [1.165, 1.54) is 4.90 Å². The van der Waals surface area contributed by atoms with Gasteiger partial charge in [-0.1, -0.05) is 6.07 Å². The number of nitrogens with one attached hydrogen (secondary N) is 1. The molecule has 1 N–H and O–H groups in total. The first kappa shape index (κ1) is 11.2. The smallest absolute Gasteiger partial charge is 0.0766 e. The van der Waals surface area contributed by atoms with Gasteiger partial charge < -0.3 is 5.32 Å². The van der Waals surface area contributed by atoms with Crippen LogP contribution in [0.5, 0.6) is 0 Å². The molecule has 0 aliphatic heterocycles. The molecule has 0 saturated carbocycles. The van der Waals surface area contributed by atoms with Crippen LogP contribution >= 0.6 is 11.8 Å². The van der Waals surface area contributed by atoms with Crippen molar-refractivity contribution in [1.82, 2.24) is 15.1 Å². The summed E-state index contributed by atoms with van der Waals surface area (Å²) in [5.41, 5.74) is 2.16. The van der Waals surface area contributed by atoms with E-state index in [9.17, 15) is 0 Å². The summed E-state index contributed by atoms with van der Waals surface area (Å²) in [6.07, 6.45) is 4.07. The highest BCUT2D eigenvalue weighted by molar-refractivity contribution is 7.98.